The molecule has 30 heavy (non-hydrogen) atoms. The molecule has 0 radical (unpaired) electrons. The summed E-state index contributed by atoms with van der Waals surface area (Å²) in [4.78, 5) is 11.2. The van der Waals surface area contributed by atoms with Crippen LogP contribution in [-0.4, -0.2) is 44.6 Å². The molecule has 0 saturated carbocycles. The third kappa shape index (κ3) is 7.00. The van der Waals surface area contributed by atoms with E-state index in [4.69, 9.17) is 9.47 Å². The van der Waals surface area contributed by atoms with Gasteiger partial charge in [-0.05, 0) is 48.0 Å². The first-order valence-corrected chi connectivity index (χ1v) is 8.89. The van der Waals surface area contributed by atoms with E-state index in [1.165, 1.54) is 32.4 Å². The minimum absolute atomic E-state index is 0.0681. The molecule has 0 amide bonds. The summed E-state index contributed by atoms with van der Waals surface area (Å²) in [7, 11) is 2.74. The van der Waals surface area contributed by atoms with E-state index in [2.05, 4.69) is 10.1 Å². The van der Waals surface area contributed by atoms with Gasteiger partial charge in [0.05, 0.1) is 19.8 Å². The van der Waals surface area contributed by atoms with E-state index in [0.717, 1.165) is 12.1 Å². The summed E-state index contributed by atoms with van der Waals surface area (Å²) in [5.74, 6) is 0.309. The Labute approximate surface area is 171 Å². The monoisotopic (exact) mass is 425 g/mol. The second-order valence-corrected chi connectivity index (χ2v) is 6.19. The zero-order chi connectivity index (χ0) is 22.1. The van der Waals surface area contributed by atoms with Crippen molar-refractivity contribution in [3.05, 3.63) is 59.7 Å². The minimum Gasteiger partial charge on any atom is -0.493 e. The second-order valence-electron chi connectivity index (χ2n) is 6.19. The predicted octanol–water partition coefficient (Wildman–Crippen LogP) is 3.75. The van der Waals surface area contributed by atoms with Crippen molar-refractivity contribution >= 4 is 17.7 Å². The van der Waals surface area contributed by atoms with Crippen molar-refractivity contribution in [2.45, 2.75) is 12.3 Å². The van der Waals surface area contributed by atoms with Gasteiger partial charge in [-0.1, -0.05) is 6.07 Å². The lowest BCUT2D eigenvalue weighted by atomic mass is 10.2. The Bertz CT molecular complexity index is 866. The molecule has 2 aromatic carbocycles. The van der Waals surface area contributed by atoms with E-state index in [1.807, 2.05) is 0 Å². The third-order valence-corrected chi connectivity index (χ3v) is 3.99. The lowest BCUT2D eigenvalue weighted by Crippen LogP contribution is -2.26. The van der Waals surface area contributed by atoms with Crippen molar-refractivity contribution in [3.63, 3.8) is 0 Å². The van der Waals surface area contributed by atoms with Crippen molar-refractivity contribution < 1.29 is 37.3 Å². The number of aliphatic hydroxyl groups is 1. The van der Waals surface area contributed by atoms with Crippen LogP contribution in [0.5, 0.6) is 11.5 Å². The summed E-state index contributed by atoms with van der Waals surface area (Å²) in [6.07, 6.45) is -2.49. The Hall–Kier alpha value is -3.20. The Kier molecular flexibility index (Phi) is 8.11. The summed E-state index contributed by atoms with van der Waals surface area (Å²) in [6.45, 7) is 0.00890. The molecule has 0 aliphatic heterocycles. The molecule has 2 aromatic rings. The van der Waals surface area contributed by atoms with Crippen LogP contribution in [-0.2, 0) is 15.7 Å². The molecule has 0 bridgehead atoms. The largest absolute Gasteiger partial charge is 0.493 e. The fourth-order valence-corrected chi connectivity index (χ4v) is 2.40. The number of hydrogen-bond donors (Lipinski definition) is 2. The molecular formula is C21H22F3NO5. The standard InChI is InChI=1S/C21H22F3NO5/c1-28-19-11-14(4-10-20(27)29-2)3-9-18(19)30-13-17(26)12-25-16-7-5-15(6-8-16)21(22,23)24/h3-11,17,25-26H,12-13H2,1-2H3/b10-4+. The summed E-state index contributed by atoms with van der Waals surface area (Å²) >= 11 is 0. The van der Waals surface area contributed by atoms with Crippen LogP contribution in [0.2, 0.25) is 0 Å². The zero-order valence-corrected chi connectivity index (χ0v) is 16.4. The first kappa shape index (κ1) is 23.1. The molecule has 0 aliphatic rings. The number of alkyl halides is 3. The molecule has 9 heteroatoms. The van der Waals surface area contributed by atoms with E-state index in [9.17, 15) is 23.1 Å². The number of esters is 1. The van der Waals surface area contributed by atoms with Gasteiger partial charge >= 0.3 is 12.1 Å². The lowest BCUT2D eigenvalue weighted by molar-refractivity contribution is -0.137. The third-order valence-electron chi connectivity index (χ3n) is 3.99. The molecule has 0 spiro atoms. The number of hydrogen-bond acceptors (Lipinski definition) is 6. The number of methoxy groups -OCH3 is 2. The normalized spacial score (nSPS) is 12.5. The molecule has 0 aromatic heterocycles. The summed E-state index contributed by atoms with van der Waals surface area (Å²) < 4.78 is 53.0. The van der Waals surface area contributed by atoms with Gasteiger partial charge < -0.3 is 24.6 Å². The van der Waals surface area contributed by atoms with Gasteiger partial charge in [-0.25, -0.2) is 4.79 Å². The van der Waals surface area contributed by atoms with Gasteiger partial charge in [-0.15, -0.1) is 0 Å². The first-order chi connectivity index (χ1) is 14.2. The summed E-state index contributed by atoms with van der Waals surface area (Å²) in [5.41, 5.74) is 0.393. The highest BCUT2D eigenvalue weighted by atomic mass is 19.4. The maximum absolute atomic E-state index is 12.6. The van der Waals surface area contributed by atoms with Crippen LogP contribution in [0.15, 0.2) is 48.5 Å². The number of aliphatic hydroxyl groups excluding tert-OH is 1. The highest BCUT2D eigenvalue weighted by Gasteiger charge is 2.29. The summed E-state index contributed by atoms with van der Waals surface area (Å²) in [6, 6.07) is 9.50. The Balaban J connectivity index is 1.88. The number of rotatable bonds is 9. The van der Waals surface area contributed by atoms with Gasteiger partial charge in [0.1, 0.15) is 12.7 Å². The van der Waals surface area contributed by atoms with Crippen LogP contribution in [0, 0.1) is 0 Å². The number of benzene rings is 2. The van der Waals surface area contributed by atoms with Gasteiger partial charge in [-0.2, -0.15) is 13.2 Å². The maximum Gasteiger partial charge on any atom is 0.416 e. The van der Waals surface area contributed by atoms with Crippen LogP contribution in [0.4, 0.5) is 18.9 Å². The molecule has 6 nitrogen and oxygen atoms in total. The fourth-order valence-electron chi connectivity index (χ4n) is 2.40. The van der Waals surface area contributed by atoms with E-state index < -0.39 is 23.8 Å². The molecule has 1 atom stereocenters. The van der Waals surface area contributed by atoms with Crippen LogP contribution in [0.25, 0.3) is 6.08 Å². The maximum atomic E-state index is 12.6. The fraction of sp³-hybridized carbons (Fsp3) is 0.286. The smallest absolute Gasteiger partial charge is 0.416 e. The Morgan fingerprint density at radius 1 is 1.13 bits per heavy atom. The van der Waals surface area contributed by atoms with Crippen molar-refractivity contribution in [1.82, 2.24) is 0 Å². The molecule has 0 saturated heterocycles. The van der Waals surface area contributed by atoms with Crippen LogP contribution < -0.4 is 14.8 Å². The van der Waals surface area contributed by atoms with Crippen LogP contribution >= 0.6 is 0 Å². The van der Waals surface area contributed by atoms with E-state index in [-0.39, 0.29) is 13.2 Å². The highest BCUT2D eigenvalue weighted by Crippen LogP contribution is 2.30. The minimum atomic E-state index is -4.39. The van der Waals surface area contributed by atoms with E-state index in [0.29, 0.717) is 22.7 Å². The average molecular weight is 425 g/mol. The topological polar surface area (TPSA) is 77.0 Å². The second kappa shape index (κ2) is 10.5. The molecule has 0 heterocycles. The quantitative estimate of drug-likeness (QED) is 0.471. The van der Waals surface area contributed by atoms with Gasteiger partial charge in [0.25, 0.3) is 0 Å². The number of carbonyl (C=O) groups is 1. The van der Waals surface area contributed by atoms with E-state index >= 15 is 0 Å². The van der Waals surface area contributed by atoms with Gasteiger partial charge in [0.2, 0.25) is 0 Å². The Morgan fingerprint density at radius 3 is 2.43 bits per heavy atom. The Morgan fingerprint density at radius 2 is 1.83 bits per heavy atom. The van der Waals surface area contributed by atoms with Crippen molar-refractivity contribution in [1.29, 1.82) is 0 Å². The van der Waals surface area contributed by atoms with Gasteiger partial charge in [0, 0.05) is 18.3 Å². The number of ether oxygens (including phenoxy) is 3. The molecule has 2 rings (SSSR count). The predicted molar refractivity (Wildman–Crippen MR) is 105 cm³/mol. The molecular weight excluding hydrogens is 403 g/mol. The summed E-state index contributed by atoms with van der Waals surface area (Å²) in [5, 5.41) is 12.9. The lowest BCUT2D eigenvalue weighted by Gasteiger charge is -2.16. The SMILES string of the molecule is COC(=O)/C=C/c1ccc(OCC(O)CNc2ccc(C(F)(F)F)cc2)c(OC)c1. The molecule has 0 aliphatic carbocycles. The van der Waals surface area contributed by atoms with Gasteiger partial charge in [-0.3, -0.25) is 0 Å². The first-order valence-electron chi connectivity index (χ1n) is 8.89. The van der Waals surface area contributed by atoms with Crippen molar-refractivity contribution in [2.24, 2.45) is 0 Å². The van der Waals surface area contributed by atoms with Crippen molar-refractivity contribution in [3.8, 4) is 11.5 Å². The van der Waals surface area contributed by atoms with Crippen LogP contribution in [0.1, 0.15) is 11.1 Å². The number of carbonyl (C=O) groups excluding carboxylic acids is 1. The molecule has 162 valence electrons. The molecule has 2 N–H and O–H groups in total. The molecule has 1 unspecified atom stereocenters. The number of halogens is 3. The molecule has 0 fully saturated rings. The highest BCUT2D eigenvalue weighted by molar-refractivity contribution is 5.87. The average Bonchev–Trinajstić information content (AvgIpc) is 2.74. The van der Waals surface area contributed by atoms with Crippen molar-refractivity contribution in [2.75, 3.05) is 32.7 Å². The number of anilines is 1. The van der Waals surface area contributed by atoms with Crippen LogP contribution in [0.3, 0.4) is 0 Å². The number of nitrogens with one attached hydrogen (secondary N) is 1. The van der Waals surface area contributed by atoms with Gasteiger partial charge in [0.15, 0.2) is 11.5 Å². The zero-order valence-electron chi connectivity index (χ0n) is 16.4. The van der Waals surface area contributed by atoms with E-state index in [1.54, 1.807) is 24.3 Å².